The van der Waals surface area contributed by atoms with Crippen LogP contribution in [0.3, 0.4) is 0 Å². The summed E-state index contributed by atoms with van der Waals surface area (Å²) < 4.78 is 30.8. The number of thiophene rings is 1. The van der Waals surface area contributed by atoms with Crippen molar-refractivity contribution >= 4 is 33.1 Å². The molecule has 0 aromatic carbocycles. The van der Waals surface area contributed by atoms with Gasteiger partial charge in [-0.1, -0.05) is 26.8 Å². The zero-order chi connectivity index (χ0) is 16.1. The fourth-order valence-corrected chi connectivity index (χ4v) is 3.28. The monoisotopic (exact) mass is 333 g/mol. The summed E-state index contributed by atoms with van der Waals surface area (Å²) in [6.07, 6.45) is -0.123. The predicted molar refractivity (Wildman–Crippen MR) is 79.5 cm³/mol. The smallest absolute Gasteiger partial charge is 0.307 e. The molecule has 6 nitrogen and oxygen atoms in total. The molecule has 0 aliphatic rings. The number of esters is 1. The molecule has 0 saturated carbocycles. The molecule has 0 bridgehead atoms. The van der Waals surface area contributed by atoms with Crippen LogP contribution < -0.4 is 4.72 Å². The summed E-state index contributed by atoms with van der Waals surface area (Å²) in [7, 11) is -3.57. The number of Topliss-reactive ketones (excluding diaryl/α,β-unsaturated/α-hetero) is 1. The first-order valence-electron chi connectivity index (χ1n) is 6.35. The summed E-state index contributed by atoms with van der Waals surface area (Å²) in [6, 6.07) is 3.11. The van der Waals surface area contributed by atoms with E-state index in [2.05, 4.69) is 4.72 Å². The van der Waals surface area contributed by atoms with Crippen LogP contribution in [0.4, 0.5) is 0 Å². The van der Waals surface area contributed by atoms with Crippen molar-refractivity contribution in [1.82, 2.24) is 4.72 Å². The van der Waals surface area contributed by atoms with E-state index in [0.29, 0.717) is 0 Å². The lowest BCUT2D eigenvalue weighted by Crippen LogP contribution is -2.29. The molecule has 0 amide bonds. The molecule has 1 rings (SSSR count). The molecule has 0 unspecified atom stereocenters. The second-order valence-electron chi connectivity index (χ2n) is 5.41. The third-order valence-corrected chi connectivity index (χ3v) is 5.44. The van der Waals surface area contributed by atoms with E-state index in [9.17, 15) is 18.0 Å². The lowest BCUT2D eigenvalue weighted by atomic mass is 9.91. The maximum Gasteiger partial charge on any atom is 0.307 e. The minimum atomic E-state index is -3.57. The number of sulfonamides is 1. The molecule has 0 atom stereocenters. The van der Waals surface area contributed by atoms with E-state index in [1.807, 2.05) is 0 Å². The van der Waals surface area contributed by atoms with Crippen LogP contribution in [-0.4, -0.2) is 33.3 Å². The van der Waals surface area contributed by atoms with Crippen molar-refractivity contribution < 1.29 is 22.7 Å². The quantitative estimate of drug-likeness (QED) is 0.765. The van der Waals surface area contributed by atoms with Crippen molar-refractivity contribution in [3.63, 3.8) is 0 Å². The number of carbonyl (C=O) groups is 2. The average molecular weight is 333 g/mol. The molecule has 0 aliphatic heterocycles. The lowest BCUT2D eigenvalue weighted by Gasteiger charge is -2.16. The highest BCUT2D eigenvalue weighted by Crippen LogP contribution is 2.15. The molecule has 21 heavy (non-hydrogen) atoms. The largest absolute Gasteiger partial charge is 0.458 e. The Morgan fingerprint density at radius 2 is 2.00 bits per heavy atom. The van der Waals surface area contributed by atoms with Gasteiger partial charge in [0.2, 0.25) is 10.0 Å². The summed E-state index contributed by atoms with van der Waals surface area (Å²) >= 11 is 1.09. The Balaban J connectivity index is 2.33. The number of nitrogens with one attached hydrogen (secondary N) is 1. The number of ketones is 1. The Morgan fingerprint density at radius 3 is 2.52 bits per heavy atom. The van der Waals surface area contributed by atoms with Crippen molar-refractivity contribution in [2.45, 2.75) is 31.4 Å². The molecule has 8 heteroatoms. The van der Waals surface area contributed by atoms with Gasteiger partial charge in [0.25, 0.3) is 0 Å². The zero-order valence-electron chi connectivity index (χ0n) is 12.2. The van der Waals surface area contributed by atoms with Gasteiger partial charge in [0.1, 0.15) is 4.21 Å². The van der Waals surface area contributed by atoms with E-state index >= 15 is 0 Å². The summed E-state index contributed by atoms with van der Waals surface area (Å²) in [6.45, 7) is 4.85. The molecule has 0 fully saturated rings. The van der Waals surface area contributed by atoms with E-state index in [-0.39, 0.29) is 29.6 Å². The van der Waals surface area contributed by atoms with Gasteiger partial charge in [-0.15, -0.1) is 11.3 Å². The van der Waals surface area contributed by atoms with Gasteiger partial charge in [-0.25, -0.2) is 13.1 Å². The van der Waals surface area contributed by atoms with E-state index in [0.717, 1.165) is 11.3 Å². The van der Waals surface area contributed by atoms with Gasteiger partial charge in [0.05, 0.1) is 6.42 Å². The summed E-state index contributed by atoms with van der Waals surface area (Å²) in [5.41, 5.74) is -0.568. The first kappa shape index (κ1) is 17.8. The van der Waals surface area contributed by atoms with Crippen LogP contribution in [0.1, 0.15) is 27.2 Å². The van der Waals surface area contributed by atoms with Gasteiger partial charge < -0.3 is 4.74 Å². The van der Waals surface area contributed by atoms with Crippen LogP contribution in [0.15, 0.2) is 21.7 Å². The van der Waals surface area contributed by atoms with Crippen LogP contribution in [-0.2, 0) is 24.3 Å². The van der Waals surface area contributed by atoms with Gasteiger partial charge >= 0.3 is 5.97 Å². The Labute approximate surface area is 128 Å². The van der Waals surface area contributed by atoms with Crippen molar-refractivity contribution in [3.8, 4) is 0 Å². The first-order chi connectivity index (χ1) is 9.63. The van der Waals surface area contributed by atoms with Crippen molar-refractivity contribution in [3.05, 3.63) is 17.5 Å². The maximum atomic E-state index is 11.8. The summed E-state index contributed by atoms with van der Waals surface area (Å²) in [5, 5.41) is 1.65. The molecule has 1 aromatic rings. The summed E-state index contributed by atoms with van der Waals surface area (Å²) in [4.78, 5) is 23.0. The van der Waals surface area contributed by atoms with Gasteiger partial charge in [0, 0.05) is 12.0 Å². The normalized spacial score (nSPS) is 12.1. The van der Waals surface area contributed by atoms with Crippen molar-refractivity contribution in [2.75, 3.05) is 13.2 Å². The highest BCUT2D eigenvalue weighted by Gasteiger charge is 2.22. The molecule has 0 aliphatic carbocycles. The Bertz CT molecular complexity index is 585. The van der Waals surface area contributed by atoms with Gasteiger partial charge in [-0.2, -0.15) is 0 Å². The van der Waals surface area contributed by atoms with Gasteiger partial charge in [-0.3, -0.25) is 9.59 Å². The Kier molecular flexibility index (Phi) is 6.06. The second-order valence-corrected chi connectivity index (χ2v) is 8.36. The van der Waals surface area contributed by atoms with Gasteiger partial charge in [0.15, 0.2) is 12.4 Å². The third kappa shape index (κ3) is 5.94. The average Bonchev–Trinajstić information content (AvgIpc) is 2.89. The van der Waals surface area contributed by atoms with E-state index in [1.165, 1.54) is 6.07 Å². The minimum absolute atomic E-state index is 0.0667. The molecular weight excluding hydrogens is 314 g/mol. The van der Waals surface area contributed by atoms with Crippen LogP contribution in [0.5, 0.6) is 0 Å². The lowest BCUT2D eigenvalue weighted by molar-refractivity contribution is -0.149. The first-order valence-corrected chi connectivity index (χ1v) is 8.71. The fraction of sp³-hybridized carbons (Fsp3) is 0.538. The Morgan fingerprint density at radius 1 is 1.33 bits per heavy atom. The fourth-order valence-electron chi connectivity index (χ4n) is 1.21. The second kappa shape index (κ2) is 7.15. The predicted octanol–water partition coefficient (Wildman–Crippen LogP) is 1.57. The summed E-state index contributed by atoms with van der Waals surface area (Å²) in [5.74, 6) is -0.795. The molecule has 0 saturated heterocycles. The maximum absolute atomic E-state index is 11.8. The van der Waals surface area contributed by atoms with Crippen LogP contribution in [0.2, 0.25) is 0 Å². The number of hydrogen-bond donors (Lipinski definition) is 1. The third-order valence-electron chi connectivity index (χ3n) is 2.58. The number of hydrogen-bond acceptors (Lipinski definition) is 6. The molecule has 0 spiro atoms. The van der Waals surface area contributed by atoms with Crippen LogP contribution >= 0.6 is 11.3 Å². The van der Waals surface area contributed by atoms with E-state index < -0.39 is 21.4 Å². The standard InChI is InChI=1S/C13H19NO5S2/c1-13(2,3)10(15)9-19-11(16)6-7-14-21(17,18)12-5-4-8-20-12/h4-5,8,14H,6-7,9H2,1-3H3. The highest BCUT2D eigenvalue weighted by atomic mass is 32.2. The molecule has 1 N–H and O–H groups in total. The van der Waals surface area contributed by atoms with E-state index in [1.54, 1.807) is 32.2 Å². The Hall–Kier alpha value is -1.25. The highest BCUT2D eigenvalue weighted by molar-refractivity contribution is 7.91. The minimum Gasteiger partial charge on any atom is -0.458 e. The number of carbonyl (C=O) groups excluding carboxylic acids is 2. The zero-order valence-corrected chi connectivity index (χ0v) is 13.8. The van der Waals surface area contributed by atoms with Crippen LogP contribution in [0.25, 0.3) is 0 Å². The molecule has 1 aromatic heterocycles. The molecule has 0 radical (unpaired) electrons. The van der Waals surface area contributed by atoms with Crippen molar-refractivity contribution in [1.29, 1.82) is 0 Å². The molecule has 1 heterocycles. The number of ether oxygens (including phenoxy) is 1. The SMILES string of the molecule is CC(C)(C)C(=O)COC(=O)CCNS(=O)(=O)c1cccs1. The topological polar surface area (TPSA) is 89.5 Å². The van der Waals surface area contributed by atoms with Crippen molar-refractivity contribution in [2.24, 2.45) is 5.41 Å². The molecular formula is C13H19NO5S2. The number of rotatable bonds is 7. The van der Waals surface area contributed by atoms with Gasteiger partial charge in [-0.05, 0) is 11.4 Å². The molecule has 118 valence electrons. The van der Waals surface area contributed by atoms with E-state index in [4.69, 9.17) is 4.74 Å². The van der Waals surface area contributed by atoms with Crippen LogP contribution in [0, 0.1) is 5.41 Å².